The number of unbranched alkanes of at least 4 members (excludes halogenated alkanes) is 6. The first kappa shape index (κ1) is 31.3. The van der Waals surface area contributed by atoms with Gasteiger partial charge >= 0.3 is 6.09 Å². The van der Waals surface area contributed by atoms with Gasteiger partial charge in [0.1, 0.15) is 23.9 Å². The first-order valence-electron chi connectivity index (χ1n) is 13.3. The smallest absolute Gasteiger partial charge is 0.408 e. The van der Waals surface area contributed by atoms with Gasteiger partial charge in [-0.1, -0.05) is 70.6 Å². The number of para-hydroxylation sites is 1. The summed E-state index contributed by atoms with van der Waals surface area (Å²) in [6.45, 7) is 11.7. The highest BCUT2D eigenvalue weighted by atomic mass is 16.6. The molecule has 204 valence electrons. The Hall–Kier alpha value is -2.77. The highest BCUT2D eigenvalue weighted by Gasteiger charge is 2.33. The predicted octanol–water partition coefficient (Wildman–Crippen LogP) is 5.37. The topological polar surface area (TPSA) is 108 Å². The van der Waals surface area contributed by atoms with E-state index in [-0.39, 0.29) is 18.2 Å². The fourth-order valence-electron chi connectivity index (χ4n) is 3.86. The Morgan fingerprint density at radius 2 is 1.61 bits per heavy atom. The zero-order valence-electron chi connectivity index (χ0n) is 23.1. The lowest BCUT2D eigenvalue weighted by molar-refractivity contribution is -0.140. The summed E-state index contributed by atoms with van der Waals surface area (Å²) in [4.78, 5) is 40.5. The Bertz CT molecular complexity index is 835. The Morgan fingerprint density at radius 1 is 0.972 bits per heavy atom. The van der Waals surface area contributed by atoms with Crippen molar-refractivity contribution in [1.82, 2.24) is 15.5 Å². The second-order valence-corrected chi connectivity index (χ2v) is 10.3. The molecule has 8 heteroatoms. The van der Waals surface area contributed by atoms with Gasteiger partial charge in [0, 0.05) is 18.7 Å². The molecule has 3 N–H and O–H groups in total. The lowest BCUT2D eigenvalue weighted by Crippen LogP contribution is -2.48. The van der Waals surface area contributed by atoms with Gasteiger partial charge in [-0.2, -0.15) is 0 Å². The second kappa shape index (κ2) is 16.1. The minimum Gasteiger partial charge on any atom is -0.507 e. The van der Waals surface area contributed by atoms with Crippen LogP contribution in [-0.2, 0) is 14.3 Å². The lowest BCUT2D eigenvalue weighted by Gasteiger charge is -2.32. The average molecular weight is 506 g/mol. The Balaban J connectivity index is 3.19. The van der Waals surface area contributed by atoms with Crippen molar-refractivity contribution in [3.8, 4) is 5.75 Å². The number of carbonyl (C=O) groups is 3. The van der Waals surface area contributed by atoms with Gasteiger partial charge in [0.15, 0.2) is 0 Å². The zero-order chi connectivity index (χ0) is 27.1. The van der Waals surface area contributed by atoms with E-state index in [9.17, 15) is 19.5 Å². The van der Waals surface area contributed by atoms with Gasteiger partial charge in [0.25, 0.3) is 0 Å². The molecule has 0 aromatic heterocycles. The van der Waals surface area contributed by atoms with E-state index in [4.69, 9.17) is 4.74 Å². The van der Waals surface area contributed by atoms with E-state index < -0.39 is 23.6 Å². The van der Waals surface area contributed by atoms with Crippen LogP contribution in [0.2, 0.25) is 0 Å². The van der Waals surface area contributed by atoms with Crippen LogP contribution < -0.4 is 10.6 Å². The summed E-state index contributed by atoms with van der Waals surface area (Å²) in [6.07, 6.45) is 7.16. The van der Waals surface area contributed by atoms with Crippen LogP contribution in [-0.4, -0.2) is 53.1 Å². The van der Waals surface area contributed by atoms with Gasteiger partial charge in [0.05, 0.1) is 0 Å². The quantitative estimate of drug-likeness (QED) is 0.278. The number of hydrogen-bond acceptors (Lipinski definition) is 5. The molecule has 1 aromatic carbocycles. The van der Waals surface area contributed by atoms with Crippen LogP contribution in [0.5, 0.6) is 5.75 Å². The van der Waals surface area contributed by atoms with Gasteiger partial charge < -0.3 is 25.4 Å². The third-order valence-corrected chi connectivity index (χ3v) is 5.81. The fourth-order valence-corrected chi connectivity index (χ4v) is 3.86. The molecule has 0 fully saturated rings. The molecule has 0 aliphatic rings. The van der Waals surface area contributed by atoms with E-state index in [1.54, 1.807) is 45.9 Å². The van der Waals surface area contributed by atoms with Crippen molar-refractivity contribution in [2.45, 2.75) is 105 Å². The number of nitrogens with zero attached hydrogens (tertiary/aromatic N) is 1. The molecular weight excluding hydrogens is 458 g/mol. The third kappa shape index (κ3) is 11.3. The van der Waals surface area contributed by atoms with Crippen molar-refractivity contribution < 1.29 is 24.2 Å². The predicted molar refractivity (Wildman–Crippen MR) is 143 cm³/mol. The summed E-state index contributed by atoms with van der Waals surface area (Å²) >= 11 is 0. The number of nitrogens with one attached hydrogen (secondary N) is 2. The molecule has 1 unspecified atom stereocenters. The summed E-state index contributed by atoms with van der Waals surface area (Å²) in [7, 11) is 0. The van der Waals surface area contributed by atoms with Crippen molar-refractivity contribution in [2.75, 3.05) is 19.6 Å². The molecule has 0 spiro atoms. The highest BCUT2D eigenvalue weighted by Crippen LogP contribution is 2.32. The van der Waals surface area contributed by atoms with Crippen LogP contribution in [0.1, 0.15) is 103 Å². The normalized spacial score (nSPS) is 12.1. The number of alkyl carbamates (subject to hydrolysis) is 1. The lowest BCUT2D eigenvalue weighted by atomic mass is 9.99. The fraction of sp³-hybridized carbons (Fsp3) is 0.679. The van der Waals surface area contributed by atoms with Crippen LogP contribution in [0, 0.1) is 6.92 Å². The number of amides is 3. The van der Waals surface area contributed by atoms with E-state index in [2.05, 4.69) is 17.6 Å². The zero-order valence-corrected chi connectivity index (χ0v) is 23.1. The number of aryl methyl sites for hydroxylation is 1. The van der Waals surface area contributed by atoms with Gasteiger partial charge in [-0.05, 0) is 46.1 Å². The molecule has 1 aromatic rings. The molecule has 0 radical (unpaired) electrons. The monoisotopic (exact) mass is 505 g/mol. The van der Waals surface area contributed by atoms with Crippen LogP contribution in [0.4, 0.5) is 4.79 Å². The number of aromatic hydroxyl groups is 1. The average Bonchev–Trinajstić information content (AvgIpc) is 2.80. The van der Waals surface area contributed by atoms with Crippen LogP contribution in [0.25, 0.3) is 0 Å². The van der Waals surface area contributed by atoms with Gasteiger partial charge in [-0.15, -0.1) is 0 Å². The molecule has 36 heavy (non-hydrogen) atoms. The van der Waals surface area contributed by atoms with E-state index in [0.29, 0.717) is 30.6 Å². The number of ether oxygens (including phenoxy) is 1. The molecule has 1 rings (SSSR count). The second-order valence-electron chi connectivity index (χ2n) is 10.3. The largest absolute Gasteiger partial charge is 0.507 e. The van der Waals surface area contributed by atoms with Gasteiger partial charge in [-0.25, -0.2) is 4.79 Å². The molecule has 0 saturated heterocycles. The number of rotatable bonds is 15. The van der Waals surface area contributed by atoms with Crippen LogP contribution >= 0.6 is 0 Å². The maximum Gasteiger partial charge on any atom is 0.408 e. The molecule has 0 heterocycles. The van der Waals surface area contributed by atoms with Crippen molar-refractivity contribution in [1.29, 1.82) is 0 Å². The number of phenols is 1. The maximum atomic E-state index is 13.4. The molecule has 0 saturated carbocycles. The molecule has 1 atom stereocenters. The van der Waals surface area contributed by atoms with Crippen molar-refractivity contribution in [3.05, 3.63) is 29.3 Å². The van der Waals surface area contributed by atoms with Crippen molar-refractivity contribution in [2.24, 2.45) is 0 Å². The molecule has 0 aliphatic heterocycles. The van der Waals surface area contributed by atoms with Crippen molar-refractivity contribution in [3.63, 3.8) is 0 Å². The van der Waals surface area contributed by atoms with Gasteiger partial charge in [0.2, 0.25) is 11.8 Å². The Kier molecular flexibility index (Phi) is 14.0. The highest BCUT2D eigenvalue weighted by molar-refractivity contribution is 5.91. The van der Waals surface area contributed by atoms with Crippen LogP contribution in [0.15, 0.2) is 18.2 Å². The molecule has 0 aliphatic carbocycles. The van der Waals surface area contributed by atoms with Crippen LogP contribution in [0.3, 0.4) is 0 Å². The summed E-state index contributed by atoms with van der Waals surface area (Å²) < 4.78 is 5.26. The minimum atomic E-state index is -1.01. The molecule has 0 bridgehead atoms. The summed E-state index contributed by atoms with van der Waals surface area (Å²) in [5, 5.41) is 16.3. The Labute approximate surface area is 217 Å². The summed E-state index contributed by atoms with van der Waals surface area (Å²) in [5.74, 6) is -0.763. The maximum absolute atomic E-state index is 13.4. The summed E-state index contributed by atoms with van der Waals surface area (Å²) in [5.41, 5.74) is 0.304. The number of hydrogen-bond donors (Lipinski definition) is 3. The Morgan fingerprint density at radius 3 is 2.25 bits per heavy atom. The minimum absolute atomic E-state index is 0.00557. The number of phenolic OH excluding ortho intramolecular Hbond substituents is 1. The summed E-state index contributed by atoms with van der Waals surface area (Å²) in [6, 6.07) is 4.19. The number of carbonyl (C=O) groups excluding carboxylic acids is 3. The van der Waals surface area contributed by atoms with Crippen molar-refractivity contribution >= 4 is 17.9 Å². The standard InChI is InChI=1S/C28H47N3O5/c1-7-9-11-12-13-14-19-31(23(32)20-30-27(35)36-28(4,5)6)24(26(34)29-18-10-8-2)22-17-15-16-21(3)25(22)33/h15-17,24,33H,7-14,18-20H2,1-6H3,(H,29,34)(H,30,35). The number of benzene rings is 1. The molecule has 8 nitrogen and oxygen atoms in total. The van der Waals surface area contributed by atoms with Gasteiger partial charge in [-0.3, -0.25) is 9.59 Å². The van der Waals surface area contributed by atoms with E-state index in [0.717, 1.165) is 38.5 Å². The van der Waals surface area contributed by atoms with E-state index in [1.807, 2.05) is 6.92 Å². The van der Waals surface area contributed by atoms with E-state index in [1.165, 1.54) is 11.3 Å². The SMILES string of the molecule is CCCCCCCCN(C(=O)CNC(=O)OC(C)(C)C)C(C(=O)NCCCC)c1cccc(C)c1O. The molecule has 3 amide bonds. The van der Waals surface area contributed by atoms with E-state index >= 15 is 0 Å². The third-order valence-electron chi connectivity index (χ3n) is 5.81. The first-order chi connectivity index (χ1) is 17.0. The molecular formula is C28H47N3O5. The first-order valence-corrected chi connectivity index (χ1v) is 13.3.